The summed E-state index contributed by atoms with van der Waals surface area (Å²) in [7, 11) is 0. The summed E-state index contributed by atoms with van der Waals surface area (Å²) in [6.45, 7) is -0.0113. The topological polar surface area (TPSA) is 128 Å². The molecule has 1 fully saturated rings. The van der Waals surface area contributed by atoms with E-state index in [1.165, 1.54) is 18.2 Å². The SMILES string of the molecule is O=C1O[C@H]([C@@H]2COC(c3cccc([N+](=O)[O-])c3)O2)C(O)=C1O. The van der Waals surface area contributed by atoms with E-state index in [4.69, 9.17) is 14.2 Å². The molecule has 3 rings (SSSR count). The van der Waals surface area contributed by atoms with Crippen LogP contribution in [0.25, 0.3) is 0 Å². The molecule has 1 aromatic carbocycles. The molecule has 2 aliphatic heterocycles. The first-order valence-corrected chi connectivity index (χ1v) is 6.32. The van der Waals surface area contributed by atoms with E-state index in [-0.39, 0.29) is 12.3 Å². The number of nitro groups is 1. The van der Waals surface area contributed by atoms with Crippen molar-refractivity contribution in [2.75, 3.05) is 6.61 Å². The van der Waals surface area contributed by atoms with Crippen LogP contribution in [0.3, 0.4) is 0 Å². The number of rotatable bonds is 3. The molecule has 0 aromatic heterocycles. The first kappa shape index (κ1) is 14.3. The van der Waals surface area contributed by atoms with Gasteiger partial charge >= 0.3 is 5.97 Å². The lowest BCUT2D eigenvalue weighted by Crippen LogP contribution is -2.30. The number of nitro benzene ring substituents is 1. The van der Waals surface area contributed by atoms with Gasteiger partial charge in [-0.25, -0.2) is 4.79 Å². The van der Waals surface area contributed by atoms with E-state index < -0.39 is 40.9 Å². The van der Waals surface area contributed by atoms with Crippen LogP contribution in [0, 0.1) is 10.1 Å². The molecule has 0 saturated carbocycles. The highest BCUT2D eigenvalue weighted by molar-refractivity contribution is 5.89. The monoisotopic (exact) mass is 309 g/mol. The Morgan fingerprint density at radius 1 is 1.32 bits per heavy atom. The standard InChI is InChI=1S/C13H11NO8/c15-9-10(16)12(17)22-11(9)8-5-20-13(21-8)6-2-1-3-7(4-6)14(18)19/h1-4,8,11,13,15-16H,5H2/t8-,11+,13?/m0/s1. The van der Waals surface area contributed by atoms with Crippen LogP contribution in [-0.2, 0) is 19.0 Å². The van der Waals surface area contributed by atoms with Gasteiger partial charge in [0.2, 0.25) is 5.76 Å². The maximum Gasteiger partial charge on any atom is 0.377 e. The first-order chi connectivity index (χ1) is 10.5. The Kier molecular flexibility index (Phi) is 3.43. The summed E-state index contributed by atoms with van der Waals surface area (Å²) in [6, 6.07) is 5.72. The molecule has 9 nitrogen and oxygen atoms in total. The van der Waals surface area contributed by atoms with Crippen LogP contribution in [0.2, 0.25) is 0 Å². The minimum absolute atomic E-state index is 0.0113. The van der Waals surface area contributed by atoms with Gasteiger partial charge in [0.25, 0.3) is 5.69 Å². The number of ether oxygens (including phenoxy) is 3. The molecule has 1 unspecified atom stereocenters. The Hall–Kier alpha value is -2.65. The summed E-state index contributed by atoms with van der Waals surface area (Å²) in [6.07, 6.45) is -2.87. The normalized spacial score (nSPS) is 28.0. The molecule has 1 aromatic rings. The Balaban J connectivity index is 1.75. The van der Waals surface area contributed by atoms with Crippen molar-refractivity contribution in [1.82, 2.24) is 0 Å². The van der Waals surface area contributed by atoms with Crippen molar-refractivity contribution in [3.63, 3.8) is 0 Å². The quantitative estimate of drug-likeness (QED) is 0.485. The second kappa shape index (κ2) is 5.28. The lowest BCUT2D eigenvalue weighted by Gasteiger charge is -2.16. The van der Waals surface area contributed by atoms with Crippen LogP contribution in [0.15, 0.2) is 35.8 Å². The van der Waals surface area contributed by atoms with E-state index in [0.717, 1.165) is 0 Å². The molecule has 0 spiro atoms. The lowest BCUT2D eigenvalue weighted by atomic mass is 10.2. The highest BCUT2D eigenvalue weighted by Crippen LogP contribution is 2.34. The molecule has 9 heteroatoms. The van der Waals surface area contributed by atoms with Crippen LogP contribution >= 0.6 is 0 Å². The third-order valence-electron chi connectivity index (χ3n) is 3.34. The van der Waals surface area contributed by atoms with Crippen molar-refractivity contribution in [3.8, 4) is 0 Å². The summed E-state index contributed by atoms with van der Waals surface area (Å²) in [5, 5.41) is 29.6. The van der Waals surface area contributed by atoms with E-state index >= 15 is 0 Å². The Morgan fingerprint density at radius 2 is 2.09 bits per heavy atom. The van der Waals surface area contributed by atoms with Crippen molar-refractivity contribution >= 4 is 11.7 Å². The molecular formula is C13H11NO8. The van der Waals surface area contributed by atoms with Crippen LogP contribution in [0.4, 0.5) is 5.69 Å². The average molecular weight is 309 g/mol. The lowest BCUT2D eigenvalue weighted by molar-refractivity contribution is -0.385. The Morgan fingerprint density at radius 3 is 2.73 bits per heavy atom. The number of hydrogen-bond acceptors (Lipinski definition) is 8. The van der Waals surface area contributed by atoms with Gasteiger partial charge in [0.15, 0.2) is 18.2 Å². The van der Waals surface area contributed by atoms with Gasteiger partial charge in [0.1, 0.15) is 6.10 Å². The van der Waals surface area contributed by atoms with Gasteiger partial charge in [0.05, 0.1) is 11.5 Å². The summed E-state index contributed by atoms with van der Waals surface area (Å²) in [5.41, 5.74) is 0.314. The van der Waals surface area contributed by atoms with Crippen LogP contribution < -0.4 is 0 Å². The molecule has 0 bridgehead atoms. The number of benzene rings is 1. The van der Waals surface area contributed by atoms with Gasteiger partial charge < -0.3 is 24.4 Å². The fourth-order valence-electron chi connectivity index (χ4n) is 2.26. The number of esters is 1. The van der Waals surface area contributed by atoms with Crippen molar-refractivity contribution < 1.29 is 34.1 Å². The zero-order chi connectivity index (χ0) is 15.9. The van der Waals surface area contributed by atoms with E-state index in [1.807, 2.05) is 0 Å². The number of carbonyl (C=O) groups is 1. The maximum absolute atomic E-state index is 11.2. The van der Waals surface area contributed by atoms with Gasteiger partial charge in [0, 0.05) is 17.7 Å². The molecular weight excluding hydrogens is 298 g/mol. The van der Waals surface area contributed by atoms with E-state index in [2.05, 4.69) is 0 Å². The maximum atomic E-state index is 11.2. The molecule has 2 aliphatic rings. The molecule has 0 aliphatic carbocycles. The largest absolute Gasteiger partial charge is 0.505 e. The van der Waals surface area contributed by atoms with Gasteiger partial charge in [-0.15, -0.1) is 0 Å². The fraction of sp³-hybridized carbons (Fsp3) is 0.308. The predicted octanol–water partition coefficient (Wildman–Crippen LogP) is 1.26. The molecule has 2 N–H and O–H groups in total. The molecule has 1 saturated heterocycles. The molecule has 0 amide bonds. The van der Waals surface area contributed by atoms with Gasteiger partial charge in [-0.3, -0.25) is 10.1 Å². The Labute approximate surface area is 123 Å². The summed E-state index contributed by atoms with van der Waals surface area (Å²) >= 11 is 0. The van der Waals surface area contributed by atoms with E-state index in [0.29, 0.717) is 5.56 Å². The van der Waals surface area contributed by atoms with Crippen molar-refractivity contribution in [3.05, 3.63) is 51.5 Å². The number of nitrogens with zero attached hydrogens (tertiary/aromatic N) is 1. The summed E-state index contributed by atoms with van der Waals surface area (Å²) in [4.78, 5) is 21.4. The number of hydrogen-bond donors (Lipinski definition) is 2. The minimum Gasteiger partial charge on any atom is -0.505 e. The smallest absolute Gasteiger partial charge is 0.377 e. The molecule has 22 heavy (non-hydrogen) atoms. The summed E-state index contributed by atoms with van der Waals surface area (Å²) < 4.78 is 15.7. The molecule has 2 heterocycles. The number of non-ortho nitro benzene ring substituents is 1. The summed E-state index contributed by atoms with van der Waals surface area (Å²) in [5.74, 6) is -2.50. The van der Waals surface area contributed by atoms with Gasteiger partial charge in [-0.1, -0.05) is 12.1 Å². The number of aliphatic hydroxyl groups is 2. The van der Waals surface area contributed by atoms with E-state index in [1.54, 1.807) is 6.07 Å². The number of carbonyl (C=O) groups excluding carboxylic acids is 1. The molecule has 116 valence electrons. The van der Waals surface area contributed by atoms with Gasteiger partial charge in [-0.2, -0.15) is 0 Å². The fourth-order valence-corrected chi connectivity index (χ4v) is 2.26. The predicted molar refractivity (Wildman–Crippen MR) is 68.8 cm³/mol. The zero-order valence-corrected chi connectivity index (χ0v) is 11.0. The third kappa shape index (κ3) is 2.36. The first-order valence-electron chi connectivity index (χ1n) is 6.32. The number of aliphatic hydroxyl groups excluding tert-OH is 2. The molecule has 3 atom stereocenters. The van der Waals surface area contributed by atoms with Crippen LogP contribution in [0.5, 0.6) is 0 Å². The van der Waals surface area contributed by atoms with Crippen molar-refractivity contribution in [2.24, 2.45) is 0 Å². The minimum atomic E-state index is -1.16. The van der Waals surface area contributed by atoms with Crippen molar-refractivity contribution in [2.45, 2.75) is 18.5 Å². The van der Waals surface area contributed by atoms with Gasteiger partial charge in [-0.05, 0) is 0 Å². The zero-order valence-electron chi connectivity index (χ0n) is 11.0. The van der Waals surface area contributed by atoms with Crippen molar-refractivity contribution in [1.29, 1.82) is 0 Å². The number of cyclic esters (lactones) is 1. The van der Waals surface area contributed by atoms with Crippen LogP contribution in [0.1, 0.15) is 11.9 Å². The highest BCUT2D eigenvalue weighted by atomic mass is 16.7. The highest BCUT2D eigenvalue weighted by Gasteiger charge is 2.44. The van der Waals surface area contributed by atoms with E-state index in [9.17, 15) is 25.1 Å². The average Bonchev–Trinajstić information content (AvgIpc) is 3.08. The van der Waals surface area contributed by atoms with Crippen LogP contribution in [-0.4, -0.2) is 39.9 Å². The Bertz CT molecular complexity index is 670. The molecule has 0 radical (unpaired) electrons. The third-order valence-corrected chi connectivity index (χ3v) is 3.34. The second-order valence-corrected chi connectivity index (χ2v) is 4.75. The second-order valence-electron chi connectivity index (χ2n) is 4.75.